The fraction of sp³-hybridized carbons (Fsp3) is 0.556. The average molecular weight is 176 g/mol. The first-order valence-corrected chi connectivity index (χ1v) is 4.31. The molecule has 0 fully saturated rings. The van der Waals surface area contributed by atoms with Gasteiger partial charge in [0.25, 0.3) is 0 Å². The molecule has 0 radical (unpaired) electrons. The van der Waals surface area contributed by atoms with Crippen molar-refractivity contribution >= 4 is 12.1 Å². The number of dihydropyridines is 1. The molecule has 0 aromatic rings. The molecule has 2 rings (SSSR count). The molecule has 0 bridgehead atoms. The molecule has 4 heteroatoms. The summed E-state index contributed by atoms with van der Waals surface area (Å²) in [6, 6.07) is -0.0370. The maximum absolute atomic E-state index is 4.12. The molecule has 1 atom stereocenters. The topological polar surface area (TPSA) is 49.4 Å². The molecule has 0 aliphatic carbocycles. The van der Waals surface area contributed by atoms with Gasteiger partial charge >= 0.3 is 0 Å². The first-order valence-electron chi connectivity index (χ1n) is 4.31. The van der Waals surface area contributed by atoms with Crippen LogP contribution >= 0.6 is 0 Å². The minimum absolute atomic E-state index is 0.0370. The van der Waals surface area contributed by atoms with Crippen LogP contribution in [0.2, 0.25) is 0 Å². The molecule has 2 aliphatic heterocycles. The van der Waals surface area contributed by atoms with Gasteiger partial charge in [-0.1, -0.05) is 20.8 Å². The van der Waals surface area contributed by atoms with Crippen molar-refractivity contribution in [2.75, 3.05) is 0 Å². The van der Waals surface area contributed by atoms with E-state index in [9.17, 15) is 0 Å². The highest BCUT2D eigenvalue weighted by molar-refractivity contribution is 6.02. The lowest BCUT2D eigenvalue weighted by Gasteiger charge is -2.26. The molecule has 0 saturated heterocycles. The molecule has 0 N–H and O–H groups in total. The van der Waals surface area contributed by atoms with E-state index in [1.54, 1.807) is 6.21 Å². The number of hydrogen-bond acceptors (Lipinski definition) is 4. The summed E-state index contributed by atoms with van der Waals surface area (Å²) < 4.78 is 0. The molecule has 2 heterocycles. The Morgan fingerprint density at radius 1 is 1.31 bits per heavy atom. The smallest absolute Gasteiger partial charge is 0.183 e. The third-order valence-electron chi connectivity index (χ3n) is 2.18. The Labute approximate surface area is 77.2 Å². The minimum Gasteiger partial charge on any atom is -0.237 e. The zero-order chi connectivity index (χ0) is 9.47. The van der Waals surface area contributed by atoms with Crippen molar-refractivity contribution in [3.05, 3.63) is 11.6 Å². The summed E-state index contributed by atoms with van der Waals surface area (Å²) >= 11 is 0. The van der Waals surface area contributed by atoms with Gasteiger partial charge in [-0.25, -0.2) is 4.99 Å². The van der Waals surface area contributed by atoms with Crippen molar-refractivity contribution in [3.63, 3.8) is 0 Å². The van der Waals surface area contributed by atoms with Gasteiger partial charge in [-0.3, -0.25) is 0 Å². The van der Waals surface area contributed by atoms with Crippen LogP contribution in [0.1, 0.15) is 20.8 Å². The standard InChI is InChI=1S/C9H12N4/c1-9(2,3)6-4-5-10-8-7(6)11-13-12-8/h4-5,7H,1-3H3. The number of hydrogen-bond donors (Lipinski definition) is 0. The van der Waals surface area contributed by atoms with Crippen LogP contribution in [-0.2, 0) is 0 Å². The zero-order valence-electron chi connectivity index (χ0n) is 8.02. The second-order valence-corrected chi connectivity index (χ2v) is 4.22. The number of allylic oxidation sites excluding steroid dienone is 1. The lowest BCUT2D eigenvalue weighted by molar-refractivity contribution is 0.482. The number of amidine groups is 1. The summed E-state index contributed by atoms with van der Waals surface area (Å²) in [5, 5.41) is 11.6. The quantitative estimate of drug-likeness (QED) is 0.543. The highest BCUT2D eigenvalue weighted by Gasteiger charge is 2.32. The maximum atomic E-state index is 4.12. The van der Waals surface area contributed by atoms with Gasteiger partial charge in [-0.15, -0.1) is 5.10 Å². The van der Waals surface area contributed by atoms with Crippen molar-refractivity contribution in [1.29, 1.82) is 0 Å². The molecule has 0 aromatic carbocycles. The van der Waals surface area contributed by atoms with Gasteiger partial charge in [-0.2, -0.15) is 5.11 Å². The molecule has 0 spiro atoms. The summed E-state index contributed by atoms with van der Waals surface area (Å²) in [7, 11) is 0. The van der Waals surface area contributed by atoms with E-state index in [0.29, 0.717) is 5.84 Å². The van der Waals surface area contributed by atoms with E-state index < -0.39 is 0 Å². The number of nitrogens with zero attached hydrogens (tertiary/aromatic N) is 4. The van der Waals surface area contributed by atoms with Gasteiger partial charge in [0.2, 0.25) is 0 Å². The third kappa shape index (κ3) is 1.32. The Balaban J connectivity index is 2.39. The Morgan fingerprint density at radius 3 is 2.77 bits per heavy atom. The van der Waals surface area contributed by atoms with Crippen LogP contribution in [0.25, 0.3) is 0 Å². The van der Waals surface area contributed by atoms with Gasteiger partial charge in [0, 0.05) is 6.21 Å². The van der Waals surface area contributed by atoms with Crippen LogP contribution in [0.15, 0.2) is 32.1 Å². The fourth-order valence-electron chi connectivity index (χ4n) is 1.47. The van der Waals surface area contributed by atoms with Gasteiger partial charge in [0.1, 0.15) is 0 Å². The average Bonchev–Trinajstić information content (AvgIpc) is 2.48. The van der Waals surface area contributed by atoms with E-state index in [2.05, 4.69) is 41.2 Å². The molecule has 68 valence electrons. The second kappa shape index (κ2) is 2.58. The highest BCUT2D eigenvalue weighted by atomic mass is 15.4. The Kier molecular flexibility index (Phi) is 1.65. The van der Waals surface area contributed by atoms with Crippen LogP contribution in [0.3, 0.4) is 0 Å². The zero-order valence-corrected chi connectivity index (χ0v) is 8.02. The summed E-state index contributed by atoms with van der Waals surface area (Å²) in [6.45, 7) is 6.47. The molecule has 13 heavy (non-hydrogen) atoms. The van der Waals surface area contributed by atoms with Crippen LogP contribution in [0, 0.1) is 5.41 Å². The monoisotopic (exact) mass is 176 g/mol. The summed E-state index contributed by atoms with van der Waals surface area (Å²) in [5.74, 6) is 0.715. The normalized spacial score (nSPS) is 25.6. The molecule has 0 saturated carbocycles. The van der Waals surface area contributed by atoms with Gasteiger partial charge in [-0.05, 0) is 22.3 Å². The van der Waals surface area contributed by atoms with Gasteiger partial charge in [0.15, 0.2) is 11.9 Å². The van der Waals surface area contributed by atoms with E-state index in [4.69, 9.17) is 0 Å². The Hall–Kier alpha value is -1.32. The second-order valence-electron chi connectivity index (χ2n) is 4.22. The lowest BCUT2D eigenvalue weighted by atomic mass is 9.81. The van der Waals surface area contributed by atoms with Crippen molar-refractivity contribution in [1.82, 2.24) is 0 Å². The largest absolute Gasteiger partial charge is 0.237 e. The maximum Gasteiger partial charge on any atom is 0.183 e. The van der Waals surface area contributed by atoms with E-state index in [1.165, 1.54) is 5.57 Å². The Morgan fingerprint density at radius 2 is 2.08 bits per heavy atom. The van der Waals surface area contributed by atoms with Crippen molar-refractivity contribution in [3.8, 4) is 0 Å². The van der Waals surface area contributed by atoms with Crippen molar-refractivity contribution in [2.45, 2.75) is 26.8 Å². The highest BCUT2D eigenvalue weighted by Crippen LogP contribution is 2.33. The lowest BCUT2D eigenvalue weighted by Crippen LogP contribution is -2.28. The first kappa shape index (κ1) is 8.29. The number of fused-ring (bicyclic) bond motifs is 1. The SMILES string of the molecule is CC(C)(C)C1=CC=NC2=NN=NC12. The van der Waals surface area contributed by atoms with Crippen LogP contribution in [0.4, 0.5) is 0 Å². The van der Waals surface area contributed by atoms with E-state index in [0.717, 1.165) is 0 Å². The molecular formula is C9H12N4. The Bertz CT molecular complexity index is 341. The summed E-state index contributed by atoms with van der Waals surface area (Å²) in [5.41, 5.74) is 1.32. The molecule has 1 unspecified atom stereocenters. The predicted molar refractivity (Wildman–Crippen MR) is 52.1 cm³/mol. The van der Waals surface area contributed by atoms with Gasteiger partial charge in [0.05, 0.1) is 0 Å². The first-order chi connectivity index (χ1) is 6.09. The number of rotatable bonds is 0. The molecular weight excluding hydrogens is 164 g/mol. The summed E-state index contributed by atoms with van der Waals surface area (Å²) in [6.07, 6.45) is 3.78. The fourth-order valence-corrected chi connectivity index (χ4v) is 1.47. The van der Waals surface area contributed by atoms with Crippen LogP contribution in [0.5, 0.6) is 0 Å². The third-order valence-corrected chi connectivity index (χ3v) is 2.18. The molecule has 0 amide bonds. The number of aliphatic imine (C=N–C) groups is 1. The van der Waals surface area contributed by atoms with Crippen LogP contribution in [-0.4, -0.2) is 18.1 Å². The van der Waals surface area contributed by atoms with E-state index >= 15 is 0 Å². The van der Waals surface area contributed by atoms with Crippen molar-refractivity contribution in [2.24, 2.45) is 25.8 Å². The summed E-state index contributed by atoms with van der Waals surface area (Å²) in [4.78, 5) is 4.12. The van der Waals surface area contributed by atoms with Crippen molar-refractivity contribution < 1.29 is 0 Å². The molecule has 0 aromatic heterocycles. The van der Waals surface area contributed by atoms with E-state index in [1.807, 2.05) is 6.08 Å². The molecule has 2 aliphatic rings. The minimum atomic E-state index is -0.0370. The predicted octanol–water partition coefficient (Wildman–Crippen LogP) is 2.19. The molecule has 4 nitrogen and oxygen atoms in total. The van der Waals surface area contributed by atoms with Crippen LogP contribution < -0.4 is 0 Å². The van der Waals surface area contributed by atoms with Gasteiger partial charge < -0.3 is 0 Å². The van der Waals surface area contributed by atoms with E-state index in [-0.39, 0.29) is 11.5 Å².